The van der Waals surface area contributed by atoms with Gasteiger partial charge in [-0.1, -0.05) is 6.42 Å². The molecule has 3 unspecified atom stereocenters. The van der Waals surface area contributed by atoms with Gasteiger partial charge in [0, 0.05) is 28.9 Å². The van der Waals surface area contributed by atoms with E-state index in [9.17, 15) is 0 Å². The topological polar surface area (TPSA) is 12.0 Å². The van der Waals surface area contributed by atoms with Crippen molar-refractivity contribution in [2.24, 2.45) is 11.8 Å². The molecular weight excluding hydrogens is 225 g/mol. The van der Waals surface area contributed by atoms with Gasteiger partial charge in [-0.3, -0.25) is 3.53 Å². The quantitative estimate of drug-likeness (QED) is 0.544. The number of halogens is 1. The Morgan fingerprint density at radius 1 is 1.22 bits per heavy atom. The van der Waals surface area contributed by atoms with Crippen LogP contribution in [0.3, 0.4) is 0 Å². The van der Waals surface area contributed by atoms with Gasteiger partial charge in [0.15, 0.2) is 0 Å². The van der Waals surface area contributed by atoms with Crippen molar-refractivity contribution in [1.29, 1.82) is 0 Å². The number of hydrogen-bond donors (Lipinski definition) is 1. The van der Waals surface area contributed by atoms with E-state index in [0.717, 1.165) is 17.9 Å². The van der Waals surface area contributed by atoms with Crippen molar-refractivity contribution in [1.82, 2.24) is 3.53 Å². The maximum Gasteiger partial charge on any atom is 0.0194 e. The third kappa shape index (κ3) is 1.00. The Labute approximate surface area is 70.1 Å². The summed E-state index contributed by atoms with van der Waals surface area (Å²) in [5.74, 6) is 2.12. The third-order valence-corrected chi connectivity index (χ3v) is 3.68. The Kier molecular flexibility index (Phi) is 1.69. The second-order valence-corrected chi connectivity index (χ2v) is 4.01. The van der Waals surface area contributed by atoms with Gasteiger partial charge in [-0.25, -0.2) is 0 Å². The smallest absolute Gasteiger partial charge is 0.0194 e. The van der Waals surface area contributed by atoms with E-state index >= 15 is 0 Å². The van der Waals surface area contributed by atoms with Crippen molar-refractivity contribution in [3.8, 4) is 0 Å². The van der Waals surface area contributed by atoms with Crippen LogP contribution >= 0.6 is 22.9 Å². The van der Waals surface area contributed by atoms with E-state index in [0.29, 0.717) is 0 Å². The predicted octanol–water partition coefficient (Wildman–Crippen LogP) is 2.11. The standard InChI is InChI=1S/C7H12IN/c8-9-7-4-5-1-2-6(7)3-5/h5-7,9H,1-4H2. The van der Waals surface area contributed by atoms with Gasteiger partial charge in [-0.2, -0.15) is 0 Å². The van der Waals surface area contributed by atoms with Gasteiger partial charge < -0.3 is 0 Å². The summed E-state index contributed by atoms with van der Waals surface area (Å²) in [6, 6.07) is 0.865. The van der Waals surface area contributed by atoms with E-state index in [1.807, 2.05) is 0 Å². The number of rotatable bonds is 1. The molecule has 1 N–H and O–H groups in total. The maximum atomic E-state index is 3.37. The van der Waals surface area contributed by atoms with E-state index < -0.39 is 0 Å². The summed E-state index contributed by atoms with van der Waals surface area (Å²) in [6.45, 7) is 0. The Morgan fingerprint density at radius 3 is 2.44 bits per heavy atom. The average Bonchev–Trinajstić information content (AvgIpc) is 2.45. The number of hydrogen-bond acceptors (Lipinski definition) is 1. The molecule has 2 rings (SSSR count). The van der Waals surface area contributed by atoms with Crippen molar-refractivity contribution < 1.29 is 0 Å². The molecule has 0 amide bonds. The minimum absolute atomic E-state index is 0.865. The Morgan fingerprint density at radius 2 is 2.11 bits per heavy atom. The molecule has 0 heterocycles. The molecule has 2 heteroatoms. The lowest BCUT2D eigenvalue weighted by atomic mass is 9.96. The maximum absolute atomic E-state index is 3.37. The minimum atomic E-state index is 0.865. The molecule has 0 aromatic carbocycles. The summed E-state index contributed by atoms with van der Waals surface area (Å²) in [6.07, 6.45) is 5.97. The van der Waals surface area contributed by atoms with Crippen LogP contribution in [-0.2, 0) is 0 Å². The summed E-state index contributed by atoms with van der Waals surface area (Å²) in [5.41, 5.74) is 0. The fraction of sp³-hybridized carbons (Fsp3) is 1.00. The Hall–Kier alpha value is 0.690. The highest BCUT2D eigenvalue weighted by atomic mass is 127. The molecule has 3 atom stereocenters. The summed E-state index contributed by atoms with van der Waals surface area (Å²) >= 11 is 2.30. The molecule has 52 valence electrons. The highest BCUT2D eigenvalue weighted by Gasteiger charge is 2.38. The van der Waals surface area contributed by atoms with Crippen LogP contribution < -0.4 is 3.53 Å². The molecule has 2 saturated carbocycles. The van der Waals surface area contributed by atoms with Crippen molar-refractivity contribution in [2.45, 2.75) is 31.7 Å². The first kappa shape index (κ1) is 6.40. The fourth-order valence-corrected chi connectivity index (χ4v) is 3.14. The van der Waals surface area contributed by atoms with Gasteiger partial charge in [0.2, 0.25) is 0 Å². The molecule has 0 saturated heterocycles. The molecule has 9 heavy (non-hydrogen) atoms. The van der Waals surface area contributed by atoms with Crippen LogP contribution in [0.4, 0.5) is 0 Å². The van der Waals surface area contributed by atoms with E-state index in [4.69, 9.17) is 0 Å². The van der Waals surface area contributed by atoms with Crippen molar-refractivity contribution in [3.05, 3.63) is 0 Å². The molecule has 2 aliphatic rings. The minimum Gasteiger partial charge on any atom is -0.258 e. The van der Waals surface area contributed by atoms with Crippen LogP contribution in [0.25, 0.3) is 0 Å². The van der Waals surface area contributed by atoms with E-state index in [2.05, 4.69) is 26.4 Å². The second kappa shape index (κ2) is 2.38. The highest BCUT2D eigenvalue weighted by Crippen LogP contribution is 2.44. The van der Waals surface area contributed by atoms with Gasteiger partial charge in [0.05, 0.1) is 0 Å². The van der Waals surface area contributed by atoms with Gasteiger partial charge >= 0.3 is 0 Å². The lowest BCUT2D eigenvalue weighted by Gasteiger charge is -2.18. The van der Waals surface area contributed by atoms with Gasteiger partial charge in [0.1, 0.15) is 0 Å². The molecule has 2 fully saturated rings. The van der Waals surface area contributed by atoms with E-state index in [1.54, 1.807) is 0 Å². The monoisotopic (exact) mass is 237 g/mol. The molecule has 1 nitrogen and oxygen atoms in total. The van der Waals surface area contributed by atoms with Crippen LogP contribution in [0.1, 0.15) is 25.7 Å². The summed E-state index contributed by atoms with van der Waals surface area (Å²) in [7, 11) is 0. The van der Waals surface area contributed by atoms with Crippen LogP contribution in [0.2, 0.25) is 0 Å². The Balaban J connectivity index is 2.01. The lowest BCUT2D eigenvalue weighted by Crippen LogP contribution is -2.26. The Bertz CT molecular complexity index is 115. The normalized spacial score (nSPS) is 48.3. The largest absolute Gasteiger partial charge is 0.258 e. The third-order valence-electron chi connectivity index (χ3n) is 2.88. The zero-order valence-electron chi connectivity index (χ0n) is 5.44. The lowest BCUT2D eigenvalue weighted by molar-refractivity contribution is 0.407. The molecular formula is C7H12IN. The van der Waals surface area contributed by atoms with Crippen LogP contribution in [0.15, 0.2) is 0 Å². The van der Waals surface area contributed by atoms with Crippen molar-refractivity contribution >= 4 is 22.9 Å². The highest BCUT2D eigenvalue weighted by molar-refractivity contribution is 14.1. The van der Waals surface area contributed by atoms with E-state index in [1.165, 1.54) is 25.7 Å². The SMILES string of the molecule is INC1CC2CCC1C2. The van der Waals surface area contributed by atoms with Crippen LogP contribution in [-0.4, -0.2) is 6.04 Å². The first-order chi connectivity index (χ1) is 4.40. The van der Waals surface area contributed by atoms with E-state index in [-0.39, 0.29) is 0 Å². The molecule has 0 aromatic heterocycles. The van der Waals surface area contributed by atoms with Gasteiger partial charge in [-0.05, 0) is 31.1 Å². The number of nitrogens with one attached hydrogen (secondary N) is 1. The summed E-state index contributed by atoms with van der Waals surface area (Å²) < 4.78 is 3.37. The van der Waals surface area contributed by atoms with Gasteiger partial charge in [-0.15, -0.1) is 0 Å². The molecule has 0 aromatic rings. The first-order valence-electron chi connectivity index (χ1n) is 3.76. The first-order valence-corrected chi connectivity index (χ1v) is 4.84. The summed E-state index contributed by atoms with van der Waals surface area (Å²) in [5, 5.41) is 0. The molecule has 0 spiro atoms. The average molecular weight is 237 g/mol. The number of fused-ring (bicyclic) bond motifs is 2. The van der Waals surface area contributed by atoms with Crippen molar-refractivity contribution in [3.63, 3.8) is 0 Å². The fourth-order valence-electron chi connectivity index (χ4n) is 2.38. The van der Waals surface area contributed by atoms with Crippen LogP contribution in [0, 0.1) is 11.8 Å². The molecule has 2 bridgehead atoms. The van der Waals surface area contributed by atoms with Crippen molar-refractivity contribution in [2.75, 3.05) is 0 Å². The molecule has 0 aliphatic heterocycles. The van der Waals surface area contributed by atoms with Crippen LogP contribution in [0.5, 0.6) is 0 Å². The zero-order chi connectivity index (χ0) is 6.27. The summed E-state index contributed by atoms with van der Waals surface area (Å²) in [4.78, 5) is 0. The molecule has 0 radical (unpaired) electrons. The predicted molar refractivity (Wildman–Crippen MR) is 46.4 cm³/mol. The second-order valence-electron chi connectivity index (χ2n) is 3.39. The van der Waals surface area contributed by atoms with Gasteiger partial charge in [0.25, 0.3) is 0 Å². The zero-order valence-corrected chi connectivity index (χ0v) is 7.60. The molecule has 2 aliphatic carbocycles.